The first kappa shape index (κ1) is 23.2. The van der Waals surface area contributed by atoms with Gasteiger partial charge in [-0.25, -0.2) is 4.79 Å². The van der Waals surface area contributed by atoms with Crippen LogP contribution in [0.5, 0.6) is 0 Å². The van der Waals surface area contributed by atoms with Crippen LogP contribution in [-0.4, -0.2) is 41.1 Å². The van der Waals surface area contributed by atoms with E-state index >= 15 is 0 Å². The lowest BCUT2D eigenvalue weighted by Crippen LogP contribution is -2.55. The first-order valence-electron chi connectivity index (χ1n) is 10.6. The van der Waals surface area contributed by atoms with Crippen molar-refractivity contribution in [2.75, 3.05) is 13.1 Å². The molecule has 1 aromatic rings. The van der Waals surface area contributed by atoms with E-state index in [2.05, 4.69) is 27.7 Å². The van der Waals surface area contributed by atoms with Crippen LogP contribution in [0.4, 0.5) is 4.79 Å². The predicted octanol–water partition coefficient (Wildman–Crippen LogP) is 3.98. The van der Waals surface area contributed by atoms with Crippen LogP contribution in [0.3, 0.4) is 0 Å². The lowest BCUT2D eigenvalue weighted by atomic mass is 10.0. The highest BCUT2D eigenvalue weighted by atomic mass is 16.6. The minimum atomic E-state index is -1.06. The molecular formula is C23H37N3O3. The lowest BCUT2D eigenvalue weighted by molar-refractivity contribution is -0.126. The van der Waals surface area contributed by atoms with Crippen LogP contribution in [0, 0.1) is 0 Å². The summed E-state index contributed by atoms with van der Waals surface area (Å²) in [7, 11) is 0. The zero-order valence-corrected chi connectivity index (χ0v) is 18.6. The maximum absolute atomic E-state index is 12.6. The SMILES string of the molecule is CC(C)(C)OC(=O)NC(C)(C)C(=O)NCc1cccc(CN2CCCCCC2)c1. The Morgan fingerprint density at radius 3 is 2.24 bits per heavy atom. The van der Waals surface area contributed by atoms with Crippen molar-refractivity contribution in [1.29, 1.82) is 0 Å². The van der Waals surface area contributed by atoms with Gasteiger partial charge in [-0.3, -0.25) is 9.69 Å². The van der Waals surface area contributed by atoms with Crippen LogP contribution in [0.1, 0.15) is 71.4 Å². The number of hydrogen-bond donors (Lipinski definition) is 2. The first-order chi connectivity index (χ1) is 13.5. The van der Waals surface area contributed by atoms with Gasteiger partial charge in [0, 0.05) is 13.1 Å². The molecule has 0 aromatic heterocycles. The van der Waals surface area contributed by atoms with Gasteiger partial charge in [-0.05, 0) is 71.7 Å². The highest BCUT2D eigenvalue weighted by Crippen LogP contribution is 2.15. The number of alkyl carbamates (subject to hydrolysis) is 1. The van der Waals surface area contributed by atoms with Gasteiger partial charge in [0.15, 0.2) is 0 Å². The summed E-state index contributed by atoms with van der Waals surface area (Å²) in [5.74, 6) is -0.249. The van der Waals surface area contributed by atoms with Crippen LogP contribution in [-0.2, 0) is 22.6 Å². The number of carbonyl (C=O) groups excluding carboxylic acids is 2. The molecule has 0 spiro atoms. The van der Waals surface area contributed by atoms with Gasteiger partial charge < -0.3 is 15.4 Å². The molecule has 0 unspecified atom stereocenters. The van der Waals surface area contributed by atoms with E-state index in [1.165, 1.54) is 31.2 Å². The number of benzene rings is 1. The summed E-state index contributed by atoms with van der Waals surface area (Å²) in [4.78, 5) is 27.1. The molecule has 1 saturated heterocycles. The van der Waals surface area contributed by atoms with Gasteiger partial charge in [-0.15, -0.1) is 0 Å². The maximum atomic E-state index is 12.6. The van der Waals surface area contributed by atoms with Crippen molar-refractivity contribution in [2.45, 2.75) is 84.5 Å². The second-order valence-electron chi connectivity index (χ2n) is 9.44. The molecule has 2 rings (SSSR count). The van der Waals surface area contributed by atoms with E-state index in [1.807, 2.05) is 12.1 Å². The average molecular weight is 404 g/mol. The van der Waals surface area contributed by atoms with E-state index in [0.717, 1.165) is 25.2 Å². The largest absolute Gasteiger partial charge is 0.444 e. The summed E-state index contributed by atoms with van der Waals surface area (Å²) in [5.41, 5.74) is 0.653. The number of nitrogens with one attached hydrogen (secondary N) is 2. The number of rotatable bonds is 6. The molecule has 6 heteroatoms. The van der Waals surface area contributed by atoms with E-state index in [4.69, 9.17) is 4.74 Å². The number of ether oxygens (including phenoxy) is 1. The molecule has 0 saturated carbocycles. The van der Waals surface area contributed by atoms with E-state index < -0.39 is 17.2 Å². The van der Waals surface area contributed by atoms with Crippen molar-refractivity contribution in [3.63, 3.8) is 0 Å². The molecule has 0 atom stereocenters. The number of nitrogens with zero attached hydrogens (tertiary/aromatic N) is 1. The van der Waals surface area contributed by atoms with Crippen molar-refractivity contribution in [3.05, 3.63) is 35.4 Å². The number of carbonyl (C=O) groups is 2. The van der Waals surface area contributed by atoms with Gasteiger partial charge in [0.25, 0.3) is 0 Å². The second kappa shape index (κ2) is 10.1. The zero-order chi connectivity index (χ0) is 21.5. The lowest BCUT2D eigenvalue weighted by Gasteiger charge is -2.27. The van der Waals surface area contributed by atoms with Crippen molar-refractivity contribution in [3.8, 4) is 0 Å². The van der Waals surface area contributed by atoms with Crippen LogP contribution in [0.2, 0.25) is 0 Å². The normalized spacial score (nSPS) is 16.0. The molecule has 1 aliphatic rings. The number of likely N-dealkylation sites (tertiary alicyclic amines) is 1. The van der Waals surface area contributed by atoms with Gasteiger partial charge in [0.2, 0.25) is 5.91 Å². The van der Waals surface area contributed by atoms with Crippen molar-refractivity contribution in [1.82, 2.24) is 15.5 Å². The van der Waals surface area contributed by atoms with E-state index in [-0.39, 0.29) is 5.91 Å². The van der Waals surface area contributed by atoms with Gasteiger partial charge >= 0.3 is 6.09 Å². The third-order valence-corrected chi connectivity index (χ3v) is 4.93. The smallest absolute Gasteiger partial charge is 0.408 e. The van der Waals surface area contributed by atoms with Crippen molar-refractivity contribution < 1.29 is 14.3 Å². The van der Waals surface area contributed by atoms with E-state index in [0.29, 0.717) is 6.54 Å². The van der Waals surface area contributed by atoms with Gasteiger partial charge in [0.1, 0.15) is 11.1 Å². The summed E-state index contributed by atoms with van der Waals surface area (Å²) in [6.07, 6.45) is 4.60. The molecule has 1 aliphatic heterocycles. The Morgan fingerprint density at radius 1 is 1.00 bits per heavy atom. The molecule has 2 amide bonds. The quantitative estimate of drug-likeness (QED) is 0.754. The second-order valence-corrected chi connectivity index (χ2v) is 9.44. The summed E-state index contributed by atoms with van der Waals surface area (Å²) >= 11 is 0. The Bertz CT molecular complexity index is 687. The summed E-state index contributed by atoms with van der Waals surface area (Å²) in [6, 6.07) is 8.35. The number of amides is 2. The Kier molecular flexibility index (Phi) is 8.08. The number of hydrogen-bond acceptors (Lipinski definition) is 4. The molecule has 0 bridgehead atoms. The van der Waals surface area contributed by atoms with E-state index in [9.17, 15) is 9.59 Å². The predicted molar refractivity (Wildman–Crippen MR) is 115 cm³/mol. The Morgan fingerprint density at radius 2 is 1.62 bits per heavy atom. The fraction of sp³-hybridized carbons (Fsp3) is 0.652. The van der Waals surface area contributed by atoms with E-state index in [1.54, 1.807) is 34.6 Å². The minimum Gasteiger partial charge on any atom is -0.444 e. The summed E-state index contributed by atoms with van der Waals surface area (Å²) < 4.78 is 5.25. The third-order valence-electron chi connectivity index (χ3n) is 4.93. The van der Waals surface area contributed by atoms with Crippen LogP contribution < -0.4 is 10.6 Å². The topological polar surface area (TPSA) is 70.7 Å². The Hall–Kier alpha value is -2.08. The van der Waals surface area contributed by atoms with Gasteiger partial charge in [-0.1, -0.05) is 37.1 Å². The molecule has 29 heavy (non-hydrogen) atoms. The highest BCUT2D eigenvalue weighted by Gasteiger charge is 2.31. The molecule has 0 aliphatic carbocycles. The monoisotopic (exact) mass is 403 g/mol. The Labute approximate surface area is 175 Å². The average Bonchev–Trinajstić information content (AvgIpc) is 2.86. The molecule has 2 N–H and O–H groups in total. The molecule has 162 valence electrons. The molecule has 1 aromatic carbocycles. The highest BCUT2D eigenvalue weighted by molar-refractivity contribution is 5.89. The van der Waals surface area contributed by atoms with Crippen molar-refractivity contribution in [2.24, 2.45) is 0 Å². The maximum Gasteiger partial charge on any atom is 0.408 e. The molecular weight excluding hydrogens is 366 g/mol. The molecule has 1 fully saturated rings. The zero-order valence-electron chi connectivity index (χ0n) is 18.6. The summed E-state index contributed by atoms with van der Waals surface area (Å²) in [5, 5.41) is 5.57. The standard InChI is InChI=1S/C23H37N3O3/c1-22(2,3)29-21(28)25-23(4,5)20(27)24-16-18-11-10-12-19(15-18)17-26-13-8-6-7-9-14-26/h10-12,15H,6-9,13-14,16-17H2,1-5H3,(H,24,27)(H,25,28). The van der Waals surface area contributed by atoms with Crippen LogP contribution in [0.15, 0.2) is 24.3 Å². The summed E-state index contributed by atoms with van der Waals surface area (Å²) in [6.45, 7) is 12.4. The molecule has 0 radical (unpaired) electrons. The van der Waals surface area contributed by atoms with Crippen LogP contribution in [0.25, 0.3) is 0 Å². The Balaban J connectivity index is 1.88. The van der Waals surface area contributed by atoms with Crippen LogP contribution >= 0.6 is 0 Å². The molecule has 1 heterocycles. The minimum absolute atomic E-state index is 0.249. The van der Waals surface area contributed by atoms with Gasteiger partial charge in [0.05, 0.1) is 0 Å². The third kappa shape index (κ3) is 8.44. The molecule has 6 nitrogen and oxygen atoms in total. The fourth-order valence-corrected chi connectivity index (χ4v) is 3.41. The first-order valence-corrected chi connectivity index (χ1v) is 10.6. The van der Waals surface area contributed by atoms with Gasteiger partial charge in [-0.2, -0.15) is 0 Å². The fourth-order valence-electron chi connectivity index (χ4n) is 3.41. The van der Waals surface area contributed by atoms with Crippen molar-refractivity contribution >= 4 is 12.0 Å².